The molecule has 0 aromatic heterocycles. The Morgan fingerprint density at radius 2 is 1.88 bits per heavy atom. The van der Waals surface area contributed by atoms with Gasteiger partial charge in [-0.1, -0.05) is 42.5 Å². The lowest BCUT2D eigenvalue weighted by Crippen LogP contribution is -2.41. The maximum absolute atomic E-state index is 12.5. The van der Waals surface area contributed by atoms with Crippen LogP contribution in [0.4, 0.5) is 0 Å². The van der Waals surface area contributed by atoms with E-state index in [1.807, 2.05) is 59.5 Å². The highest BCUT2D eigenvalue weighted by Gasteiger charge is 2.23. The van der Waals surface area contributed by atoms with Crippen LogP contribution in [0.2, 0.25) is 0 Å². The molecule has 1 heterocycles. The highest BCUT2D eigenvalue weighted by atomic mass is 16.5. The number of hydrogen-bond donors (Lipinski definition) is 0. The first kappa shape index (κ1) is 18.2. The van der Waals surface area contributed by atoms with Gasteiger partial charge < -0.3 is 9.64 Å². The Kier molecular flexibility index (Phi) is 6.40. The maximum Gasteiger partial charge on any atom is 0.226 e. The highest BCUT2D eigenvalue weighted by Crippen LogP contribution is 2.18. The molecule has 2 aromatic carbocycles. The average molecular weight is 348 g/mol. The monoisotopic (exact) mass is 348 g/mol. The third-order valence-electron chi connectivity index (χ3n) is 4.78. The van der Waals surface area contributed by atoms with Gasteiger partial charge >= 0.3 is 0 Å². The summed E-state index contributed by atoms with van der Waals surface area (Å²) in [5.41, 5.74) is 2.79. The van der Waals surface area contributed by atoms with E-state index in [1.165, 1.54) is 0 Å². The molecule has 0 bridgehead atoms. The number of ether oxygens (including phenoxy) is 1. The van der Waals surface area contributed by atoms with Gasteiger partial charge in [0.1, 0.15) is 0 Å². The summed E-state index contributed by atoms with van der Waals surface area (Å²) < 4.78 is 5.86. The van der Waals surface area contributed by atoms with Crippen molar-refractivity contribution in [2.75, 3.05) is 19.7 Å². The number of amides is 1. The molecule has 134 valence electrons. The van der Waals surface area contributed by atoms with Gasteiger partial charge in [-0.3, -0.25) is 4.79 Å². The standard InChI is InChI=1S/C22H24N2O2/c23-14-19-8-10-20(11-9-19)16-26-17-21-7-4-12-24(15-21)22(25)13-18-5-2-1-3-6-18/h1-3,5-6,8-11,21H,4,7,12-13,15-17H2. The fraction of sp³-hybridized carbons (Fsp3) is 0.364. The van der Waals surface area contributed by atoms with Crippen LogP contribution in [0.25, 0.3) is 0 Å². The highest BCUT2D eigenvalue weighted by molar-refractivity contribution is 5.78. The first-order valence-corrected chi connectivity index (χ1v) is 9.13. The summed E-state index contributed by atoms with van der Waals surface area (Å²) in [5, 5.41) is 8.82. The Labute approximate surface area is 155 Å². The molecule has 3 rings (SSSR count). The van der Waals surface area contributed by atoms with Gasteiger partial charge in [-0.2, -0.15) is 5.26 Å². The molecule has 0 aliphatic carbocycles. The van der Waals surface area contributed by atoms with Gasteiger partial charge in [-0.05, 0) is 42.0 Å². The van der Waals surface area contributed by atoms with E-state index in [0.717, 1.165) is 37.1 Å². The van der Waals surface area contributed by atoms with Gasteiger partial charge in [-0.15, -0.1) is 0 Å². The molecular weight excluding hydrogens is 324 g/mol. The SMILES string of the molecule is N#Cc1ccc(COCC2CCCN(C(=O)Cc3ccccc3)C2)cc1. The van der Waals surface area contributed by atoms with Crippen LogP contribution >= 0.6 is 0 Å². The fourth-order valence-electron chi connectivity index (χ4n) is 3.33. The number of likely N-dealkylation sites (tertiary alicyclic amines) is 1. The second-order valence-corrected chi connectivity index (χ2v) is 6.83. The van der Waals surface area contributed by atoms with Crippen molar-refractivity contribution in [3.8, 4) is 6.07 Å². The number of hydrogen-bond acceptors (Lipinski definition) is 3. The fourth-order valence-corrected chi connectivity index (χ4v) is 3.33. The molecule has 1 unspecified atom stereocenters. The van der Waals surface area contributed by atoms with Crippen molar-refractivity contribution in [2.45, 2.75) is 25.9 Å². The van der Waals surface area contributed by atoms with Crippen molar-refractivity contribution in [3.05, 3.63) is 71.3 Å². The summed E-state index contributed by atoms with van der Waals surface area (Å²) in [4.78, 5) is 14.5. The van der Waals surface area contributed by atoms with Crippen molar-refractivity contribution in [1.29, 1.82) is 5.26 Å². The summed E-state index contributed by atoms with van der Waals surface area (Å²) >= 11 is 0. The number of nitriles is 1. The van der Waals surface area contributed by atoms with E-state index < -0.39 is 0 Å². The third kappa shape index (κ3) is 5.18. The van der Waals surface area contributed by atoms with E-state index in [2.05, 4.69) is 6.07 Å². The van der Waals surface area contributed by atoms with E-state index in [4.69, 9.17) is 10.00 Å². The van der Waals surface area contributed by atoms with Crippen LogP contribution < -0.4 is 0 Å². The Balaban J connectivity index is 1.44. The van der Waals surface area contributed by atoms with E-state index in [9.17, 15) is 4.79 Å². The minimum Gasteiger partial charge on any atom is -0.376 e. The molecule has 1 fully saturated rings. The molecule has 0 radical (unpaired) electrons. The Morgan fingerprint density at radius 1 is 1.12 bits per heavy atom. The van der Waals surface area contributed by atoms with Gasteiger partial charge in [0.25, 0.3) is 0 Å². The molecule has 4 nitrogen and oxygen atoms in total. The molecule has 26 heavy (non-hydrogen) atoms. The van der Waals surface area contributed by atoms with Gasteiger partial charge in [0.05, 0.1) is 31.3 Å². The summed E-state index contributed by atoms with van der Waals surface area (Å²) in [6.07, 6.45) is 2.60. The van der Waals surface area contributed by atoms with E-state index in [1.54, 1.807) is 0 Å². The maximum atomic E-state index is 12.5. The molecule has 1 aliphatic rings. The van der Waals surface area contributed by atoms with Crippen molar-refractivity contribution in [2.24, 2.45) is 5.92 Å². The predicted molar refractivity (Wildman–Crippen MR) is 100 cm³/mol. The zero-order chi connectivity index (χ0) is 18.2. The predicted octanol–water partition coefficient (Wildman–Crippen LogP) is 3.56. The smallest absolute Gasteiger partial charge is 0.226 e. The first-order valence-electron chi connectivity index (χ1n) is 9.13. The van der Waals surface area contributed by atoms with Crippen LogP contribution in [0.5, 0.6) is 0 Å². The molecule has 0 spiro atoms. The third-order valence-corrected chi connectivity index (χ3v) is 4.78. The van der Waals surface area contributed by atoms with Crippen LogP contribution in [-0.4, -0.2) is 30.5 Å². The lowest BCUT2D eigenvalue weighted by Gasteiger charge is -2.32. The second kappa shape index (κ2) is 9.17. The van der Waals surface area contributed by atoms with Gasteiger partial charge in [0.2, 0.25) is 5.91 Å². The molecule has 4 heteroatoms. The minimum atomic E-state index is 0.202. The average Bonchev–Trinajstić information content (AvgIpc) is 2.69. The van der Waals surface area contributed by atoms with Crippen LogP contribution in [-0.2, 0) is 22.6 Å². The van der Waals surface area contributed by atoms with Gasteiger partial charge in [0, 0.05) is 13.1 Å². The van der Waals surface area contributed by atoms with E-state index in [0.29, 0.717) is 31.1 Å². The Morgan fingerprint density at radius 3 is 2.62 bits per heavy atom. The van der Waals surface area contributed by atoms with Crippen LogP contribution in [0.3, 0.4) is 0 Å². The number of benzene rings is 2. The van der Waals surface area contributed by atoms with Crippen LogP contribution in [0.1, 0.15) is 29.5 Å². The number of carbonyl (C=O) groups excluding carboxylic acids is 1. The van der Waals surface area contributed by atoms with Crippen molar-refractivity contribution < 1.29 is 9.53 Å². The molecule has 1 atom stereocenters. The van der Waals surface area contributed by atoms with Crippen molar-refractivity contribution >= 4 is 5.91 Å². The van der Waals surface area contributed by atoms with Crippen molar-refractivity contribution in [1.82, 2.24) is 4.90 Å². The van der Waals surface area contributed by atoms with Gasteiger partial charge in [0.15, 0.2) is 0 Å². The van der Waals surface area contributed by atoms with Crippen LogP contribution in [0.15, 0.2) is 54.6 Å². The topological polar surface area (TPSA) is 53.3 Å². The first-order chi connectivity index (χ1) is 12.7. The molecular formula is C22H24N2O2. The molecule has 1 amide bonds. The second-order valence-electron chi connectivity index (χ2n) is 6.83. The van der Waals surface area contributed by atoms with E-state index in [-0.39, 0.29) is 5.91 Å². The number of carbonyl (C=O) groups is 1. The Hall–Kier alpha value is -2.64. The lowest BCUT2D eigenvalue weighted by molar-refractivity contribution is -0.132. The summed E-state index contributed by atoms with van der Waals surface area (Å²) in [7, 11) is 0. The molecule has 2 aromatic rings. The molecule has 1 saturated heterocycles. The van der Waals surface area contributed by atoms with E-state index >= 15 is 0 Å². The zero-order valence-corrected chi connectivity index (χ0v) is 14.9. The summed E-state index contributed by atoms with van der Waals surface area (Å²) in [6, 6.07) is 19.5. The number of piperidine rings is 1. The van der Waals surface area contributed by atoms with Crippen molar-refractivity contribution in [3.63, 3.8) is 0 Å². The molecule has 0 N–H and O–H groups in total. The lowest BCUT2D eigenvalue weighted by atomic mass is 9.98. The van der Waals surface area contributed by atoms with Gasteiger partial charge in [-0.25, -0.2) is 0 Å². The largest absolute Gasteiger partial charge is 0.376 e. The molecule has 1 aliphatic heterocycles. The van der Waals surface area contributed by atoms with Crippen LogP contribution in [0, 0.1) is 17.2 Å². The number of rotatable bonds is 6. The Bertz CT molecular complexity index is 750. The summed E-state index contributed by atoms with van der Waals surface area (Å²) in [6.45, 7) is 2.83. The normalized spacial score (nSPS) is 16.9. The minimum absolute atomic E-state index is 0.202. The summed E-state index contributed by atoms with van der Waals surface area (Å²) in [5.74, 6) is 0.592. The molecule has 0 saturated carbocycles. The number of nitrogens with zero attached hydrogens (tertiary/aromatic N) is 2. The zero-order valence-electron chi connectivity index (χ0n) is 14.9. The quantitative estimate of drug-likeness (QED) is 0.802.